The van der Waals surface area contributed by atoms with Gasteiger partial charge in [-0.2, -0.15) is 0 Å². The summed E-state index contributed by atoms with van der Waals surface area (Å²) >= 11 is 1.47. The van der Waals surface area contributed by atoms with Gasteiger partial charge in [0, 0.05) is 16.9 Å². The summed E-state index contributed by atoms with van der Waals surface area (Å²) in [6, 6.07) is 13.5. The Morgan fingerprint density at radius 3 is 2.52 bits per heavy atom. The molecule has 4 nitrogen and oxygen atoms in total. The van der Waals surface area contributed by atoms with Crippen molar-refractivity contribution in [3.05, 3.63) is 64.1 Å². The largest absolute Gasteiger partial charge is 0.494 e. The summed E-state index contributed by atoms with van der Waals surface area (Å²) in [5.74, 6) is 0.0224. The molecular formula is C26H30O4S. The first kappa shape index (κ1) is 23.1. The molecule has 1 heterocycles. The number of carbonyl (C=O) groups is 2. The lowest BCUT2D eigenvalue weighted by molar-refractivity contribution is -0.136. The smallest absolute Gasteiger partial charge is 0.303 e. The number of aliphatic carboxylic acids is 1. The Morgan fingerprint density at radius 2 is 1.77 bits per heavy atom. The second-order valence-electron chi connectivity index (χ2n) is 7.85. The van der Waals surface area contributed by atoms with Crippen LogP contribution in [0.15, 0.2) is 52.3 Å². The van der Waals surface area contributed by atoms with Crippen molar-refractivity contribution < 1.29 is 19.4 Å². The van der Waals surface area contributed by atoms with Crippen LogP contribution in [0.4, 0.5) is 0 Å². The minimum atomic E-state index is -0.832. The van der Waals surface area contributed by atoms with Crippen LogP contribution < -0.4 is 4.74 Å². The third-order valence-electron chi connectivity index (χ3n) is 5.30. The lowest BCUT2D eigenvalue weighted by atomic mass is 10.0. The Bertz CT molecular complexity index is 931. The number of carboxylic acid groups (broad SMARTS) is 1. The van der Waals surface area contributed by atoms with Gasteiger partial charge in [0.1, 0.15) is 5.75 Å². The van der Waals surface area contributed by atoms with Crippen molar-refractivity contribution in [2.24, 2.45) is 0 Å². The first-order chi connectivity index (χ1) is 15.1. The number of aryl methyl sites for hydroxylation is 1. The molecule has 1 N–H and O–H groups in total. The van der Waals surface area contributed by atoms with Crippen LogP contribution in [-0.2, 0) is 11.2 Å². The molecule has 1 aliphatic rings. The molecule has 0 aliphatic carbocycles. The molecule has 0 bridgehead atoms. The average molecular weight is 439 g/mol. The third kappa shape index (κ3) is 7.00. The van der Waals surface area contributed by atoms with E-state index in [-0.39, 0.29) is 12.2 Å². The number of rotatable bonds is 12. The summed E-state index contributed by atoms with van der Waals surface area (Å²) in [5.41, 5.74) is 2.50. The number of carboxylic acids is 1. The lowest BCUT2D eigenvalue weighted by Crippen LogP contribution is -2.00. The van der Waals surface area contributed by atoms with E-state index in [1.54, 1.807) is 0 Å². The zero-order valence-electron chi connectivity index (χ0n) is 18.1. The molecule has 0 fully saturated rings. The van der Waals surface area contributed by atoms with Crippen LogP contribution in [0.1, 0.15) is 73.4 Å². The van der Waals surface area contributed by atoms with Gasteiger partial charge in [0.05, 0.1) is 11.5 Å². The van der Waals surface area contributed by atoms with Crippen molar-refractivity contribution in [1.82, 2.24) is 0 Å². The standard InChI is InChI=1S/C26H30O4S/c1-2-3-4-5-6-7-16-30-21-12-8-20(9-13-21)18-24-26(29)22-17-19(11-15-25(27)28)10-14-23(22)31-24/h8-10,12-14,17-18H,2-7,11,15-16H2,1H3,(H,27,28)/b24-18-. The fraction of sp³-hybridized carbons (Fsp3) is 0.385. The van der Waals surface area contributed by atoms with Gasteiger partial charge < -0.3 is 9.84 Å². The Hall–Kier alpha value is -2.53. The van der Waals surface area contributed by atoms with Gasteiger partial charge in [-0.3, -0.25) is 9.59 Å². The Balaban J connectivity index is 1.53. The molecule has 0 aromatic heterocycles. The minimum Gasteiger partial charge on any atom is -0.494 e. The van der Waals surface area contributed by atoms with Crippen LogP contribution >= 0.6 is 11.8 Å². The van der Waals surface area contributed by atoms with Gasteiger partial charge in [0.15, 0.2) is 0 Å². The van der Waals surface area contributed by atoms with Crippen molar-refractivity contribution >= 4 is 29.6 Å². The van der Waals surface area contributed by atoms with E-state index in [9.17, 15) is 9.59 Å². The number of fused-ring (bicyclic) bond motifs is 1. The highest BCUT2D eigenvalue weighted by molar-refractivity contribution is 8.04. The number of carbonyl (C=O) groups excluding carboxylic acids is 1. The van der Waals surface area contributed by atoms with E-state index < -0.39 is 5.97 Å². The number of unbranched alkanes of at least 4 members (excludes halogenated alkanes) is 5. The summed E-state index contributed by atoms with van der Waals surface area (Å²) in [4.78, 5) is 25.2. The van der Waals surface area contributed by atoms with Crippen LogP contribution in [0.3, 0.4) is 0 Å². The van der Waals surface area contributed by atoms with Gasteiger partial charge in [-0.25, -0.2) is 0 Å². The molecular weight excluding hydrogens is 408 g/mol. The highest BCUT2D eigenvalue weighted by Crippen LogP contribution is 2.41. The topological polar surface area (TPSA) is 63.6 Å². The molecule has 0 radical (unpaired) electrons. The zero-order chi connectivity index (χ0) is 22.1. The van der Waals surface area contributed by atoms with E-state index in [4.69, 9.17) is 9.84 Å². The molecule has 1 aliphatic heterocycles. The van der Waals surface area contributed by atoms with Crippen molar-refractivity contribution in [3.8, 4) is 5.75 Å². The number of ketones is 1. The third-order valence-corrected chi connectivity index (χ3v) is 6.40. The van der Waals surface area contributed by atoms with Gasteiger partial charge >= 0.3 is 5.97 Å². The number of hydrogen-bond acceptors (Lipinski definition) is 4. The summed E-state index contributed by atoms with van der Waals surface area (Å²) < 4.78 is 5.83. The maximum atomic E-state index is 12.8. The number of allylic oxidation sites excluding steroid dienone is 1. The number of thioether (sulfide) groups is 1. The molecule has 2 aromatic rings. The normalized spacial score (nSPS) is 14.1. The zero-order valence-corrected chi connectivity index (χ0v) is 18.9. The van der Waals surface area contributed by atoms with Gasteiger partial charge in [0.25, 0.3) is 0 Å². The molecule has 0 spiro atoms. The molecule has 3 rings (SSSR count). The van der Waals surface area contributed by atoms with Gasteiger partial charge in [-0.05, 0) is 54.3 Å². The fourth-order valence-electron chi connectivity index (χ4n) is 3.53. The first-order valence-electron chi connectivity index (χ1n) is 11.1. The monoisotopic (exact) mass is 438 g/mol. The molecule has 0 amide bonds. The minimum absolute atomic E-state index is 0.000532. The van der Waals surface area contributed by atoms with E-state index in [1.165, 1.54) is 43.9 Å². The Labute approximate surface area is 188 Å². The SMILES string of the molecule is CCCCCCCCOc1ccc(/C=C2\Sc3ccc(CCC(=O)O)cc3C2=O)cc1. The predicted octanol–water partition coefficient (Wildman–Crippen LogP) is 6.77. The van der Waals surface area contributed by atoms with Gasteiger partial charge in [-0.1, -0.05) is 69.0 Å². The number of hydrogen-bond donors (Lipinski definition) is 1. The Kier molecular flexibility index (Phi) is 8.77. The molecule has 0 saturated heterocycles. The van der Waals surface area contributed by atoms with Gasteiger partial charge in [0.2, 0.25) is 5.78 Å². The van der Waals surface area contributed by atoms with Crippen molar-refractivity contribution in [1.29, 1.82) is 0 Å². The number of Topliss-reactive ketones (excluding diaryl/α,β-unsaturated/α-hetero) is 1. The fourth-order valence-corrected chi connectivity index (χ4v) is 4.56. The second kappa shape index (κ2) is 11.8. The van der Waals surface area contributed by atoms with Crippen LogP contribution in [0.25, 0.3) is 6.08 Å². The Morgan fingerprint density at radius 1 is 1.03 bits per heavy atom. The van der Waals surface area contributed by atoms with E-state index >= 15 is 0 Å². The van der Waals surface area contributed by atoms with Crippen molar-refractivity contribution in [3.63, 3.8) is 0 Å². The quantitative estimate of drug-likeness (QED) is 0.292. The highest BCUT2D eigenvalue weighted by atomic mass is 32.2. The highest BCUT2D eigenvalue weighted by Gasteiger charge is 2.26. The summed E-state index contributed by atoms with van der Waals surface area (Å²) in [6.07, 6.45) is 9.86. The maximum absolute atomic E-state index is 12.8. The van der Waals surface area contributed by atoms with Crippen LogP contribution in [0.5, 0.6) is 5.75 Å². The number of ether oxygens (including phenoxy) is 1. The predicted molar refractivity (Wildman–Crippen MR) is 126 cm³/mol. The van der Waals surface area contributed by atoms with E-state index in [0.717, 1.165) is 34.8 Å². The molecule has 2 aromatic carbocycles. The molecule has 0 atom stereocenters. The second-order valence-corrected chi connectivity index (χ2v) is 8.93. The number of benzene rings is 2. The molecule has 31 heavy (non-hydrogen) atoms. The molecule has 0 unspecified atom stereocenters. The first-order valence-corrected chi connectivity index (χ1v) is 11.9. The van der Waals surface area contributed by atoms with Crippen molar-refractivity contribution in [2.45, 2.75) is 63.2 Å². The summed E-state index contributed by atoms with van der Waals surface area (Å²) in [5, 5.41) is 8.86. The maximum Gasteiger partial charge on any atom is 0.303 e. The van der Waals surface area contributed by atoms with E-state index in [2.05, 4.69) is 6.92 Å². The molecule has 5 heteroatoms. The van der Waals surface area contributed by atoms with Crippen LogP contribution in [0.2, 0.25) is 0 Å². The van der Waals surface area contributed by atoms with Crippen LogP contribution in [-0.4, -0.2) is 23.5 Å². The summed E-state index contributed by atoms with van der Waals surface area (Å²) in [7, 11) is 0. The average Bonchev–Trinajstić information content (AvgIpc) is 3.07. The molecule has 164 valence electrons. The van der Waals surface area contributed by atoms with E-state index in [1.807, 2.05) is 48.5 Å². The van der Waals surface area contributed by atoms with Crippen LogP contribution in [0, 0.1) is 0 Å². The lowest BCUT2D eigenvalue weighted by Gasteiger charge is -2.06. The summed E-state index contributed by atoms with van der Waals surface area (Å²) in [6.45, 7) is 2.96. The van der Waals surface area contributed by atoms with E-state index in [0.29, 0.717) is 16.9 Å². The molecule has 0 saturated carbocycles. The van der Waals surface area contributed by atoms with Crippen molar-refractivity contribution in [2.75, 3.05) is 6.61 Å². The van der Waals surface area contributed by atoms with Gasteiger partial charge in [-0.15, -0.1) is 0 Å².